The van der Waals surface area contributed by atoms with E-state index in [2.05, 4.69) is 48.7 Å². The Balaban J connectivity index is 1.59. The lowest BCUT2D eigenvalue weighted by molar-refractivity contribution is 0.0356. The van der Waals surface area contributed by atoms with Crippen LogP contribution >= 0.6 is 0 Å². The summed E-state index contributed by atoms with van der Waals surface area (Å²) in [5.74, 6) is -0.383. The highest BCUT2D eigenvalue weighted by atomic mass is 16.5. The Bertz CT molecular complexity index is 820. The zero-order valence-electron chi connectivity index (χ0n) is 17.7. The largest absolute Gasteiger partial charge is 0.379 e. The molecule has 4 N–H and O–H groups in total. The predicted octanol–water partition coefficient (Wildman–Crippen LogP) is 2.77. The Morgan fingerprint density at radius 2 is 1.93 bits per heavy atom. The third kappa shape index (κ3) is 5.04. The lowest BCUT2D eigenvalue weighted by Gasteiger charge is -2.45. The minimum Gasteiger partial charge on any atom is -0.379 e. The van der Waals surface area contributed by atoms with Crippen LogP contribution in [0.2, 0.25) is 0 Å². The highest BCUT2D eigenvalue weighted by Gasteiger charge is 2.42. The first-order chi connectivity index (χ1) is 13.9. The van der Waals surface area contributed by atoms with Crippen LogP contribution in [0.5, 0.6) is 0 Å². The van der Waals surface area contributed by atoms with Gasteiger partial charge in [0.1, 0.15) is 0 Å². The summed E-state index contributed by atoms with van der Waals surface area (Å²) in [6.45, 7) is 7.18. The Labute approximate surface area is 174 Å². The van der Waals surface area contributed by atoms with Crippen LogP contribution in [-0.2, 0) is 23.1 Å². The normalized spacial score (nSPS) is 20.2. The van der Waals surface area contributed by atoms with Crippen LogP contribution in [0.15, 0.2) is 48.5 Å². The third-order valence-corrected chi connectivity index (χ3v) is 6.03. The third-order valence-electron chi connectivity index (χ3n) is 6.03. The summed E-state index contributed by atoms with van der Waals surface area (Å²) in [6.07, 6.45) is 1.96. The molecular weight excluding hydrogens is 362 g/mol. The first-order valence-corrected chi connectivity index (χ1v) is 10.4. The maximum atomic E-state index is 11.6. The predicted molar refractivity (Wildman–Crippen MR) is 117 cm³/mol. The van der Waals surface area contributed by atoms with Gasteiger partial charge in [-0.05, 0) is 48.3 Å². The van der Waals surface area contributed by atoms with E-state index in [1.807, 2.05) is 24.3 Å². The molecule has 0 bridgehead atoms. The summed E-state index contributed by atoms with van der Waals surface area (Å²) in [4.78, 5) is 11.6. The van der Waals surface area contributed by atoms with Crippen molar-refractivity contribution in [1.29, 1.82) is 0 Å². The quantitative estimate of drug-likeness (QED) is 0.571. The topological polar surface area (TPSA) is 76.4 Å². The summed E-state index contributed by atoms with van der Waals surface area (Å²) in [5, 5.41) is 7.22. The fraction of sp³-hybridized carbons (Fsp3) is 0.458. The van der Waals surface area contributed by atoms with Crippen LogP contribution in [-0.4, -0.2) is 38.3 Å². The number of hydrogen-bond donors (Lipinski definition) is 3. The van der Waals surface area contributed by atoms with Crippen LogP contribution in [0.25, 0.3) is 0 Å². The van der Waals surface area contributed by atoms with E-state index in [-0.39, 0.29) is 23.5 Å². The summed E-state index contributed by atoms with van der Waals surface area (Å²) < 4.78 is 5.84. The van der Waals surface area contributed by atoms with Crippen molar-refractivity contribution in [2.45, 2.75) is 50.8 Å². The second-order valence-electron chi connectivity index (χ2n) is 8.38. The number of rotatable bonds is 9. The first kappa shape index (κ1) is 21.5. The molecule has 156 valence electrons. The van der Waals surface area contributed by atoms with E-state index in [0.29, 0.717) is 5.56 Å². The van der Waals surface area contributed by atoms with Gasteiger partial charge in [-0.25, -0.2) is 0 Å². The van der Waals surface area contributed by atoms with Crippen molar-refractivity contribution < 1.29 is 9.53 Å². The van der Waals surface area contributed by atoms with E-state index in [0.717, 1.165) is 32.5 Å². The number of nitrogens with one attached hydrogen (secondary N) is 2. The number of fused-ring (bicyclic) bond motifs is 1. The molecule has 2 atom stereocenters. The molecule has 2 aromatic carbocycles. The number of primary amides is 1. The number of hydrogen-bond acceptors (Lipinski definition) is 4. The number of carbonyl (C=O) groups is 1. The standard InChI is InChI=1S/C24H33N3O2/c1-24(2)20-14-19(23(25)28)11-10-18(20)15-21(29-3)22(24)27-13-7-12-26-16-17-8-5-4-6-9-17/h4-6,8-11,14,21-22,26-27H,7,12-13,15-16H2,1-3H3,(H2,25,28)/t21-,22+/m0/s1. The van der Waals surface area contributed by atoms with Crippen LogP contribution in [0.1, 0.15) is 47.3 Å². The molecule has 29 heavy (non-hydrogen) atoms. The van der Waals surface area contributed by atoms with Crippen LogP contribution in [0, 0.1) is 0 Å². The number of ether oxygens (including phenoxy) is 1. The zero-order chi connectivity index (χ0) is 20.9. The van der Waals surface area contributed by atoms with Crippen molar-refractivity contribution >= 4 is 5.91 Å². The Morgan fingerprint density at radius 1 is 1.17 bits per heavy atom. The van der Waals surface area contributed by atoms with Gasteiger partial charge in [0.05, 0.1) is 6.10 Å². The van der Waals surface area contributed by atoms with Gasteiger partial charge in [-0.2, -0.15) is 0 Å². The van der Waals surface area contributed by atoms with E-state index in [9.17, 15) is 4.79 Å². The highest BCUT2D eigenvalue weighted by molar-refractivity contribution is 5.93. The average Bonchev–Trinajstić information content (AvgIpc) is 2.72. The molecule has 1 aliphatic carbocycles. The fourth-order valence-electron chi connectivity index (χ4n) is 4.38. The molecule has 0 heterocycles. The minimum absolute atomic E-state index is 0.0919. The van der Waals surface area contributed by atoms with Crippen LogP contribution in [0.3, 0.4) is 0 Å². The van der Waals surface area contributed by atoms with Crippen molar-refractivity contribution in [3.63, 3.8) is 0 Å². The number of amides is 1. The average molecular weight is 396 g/mol. The molecule has 0 aromatic heterocycles. The van der Waals surface area contributed by atoms with Gasteiger partial charge < -0.3 is 21.1 Å². The van der Waals surface area contributed by atoms with Crippen molar-refractivity contribution in [2.24, 2.45) is 5.73 Å². The molecule has 0 saturated carbocycles. The van der Waals surface area contributed by atoms with Crippen molar-refractivity contribution in [3.05, 3.63) is 70.8 Å². The highest BCUT2D eigenvalue weighted by Crippen LogP contribution is 2.38. The van der Waals surface area contributed by atoms with E-state index in [1.165, 1.54) is 16.7 Å². The van der Waals surface area contributed by atoms with E-state index >= 15 is 0 Å². The zero-order valence-corrected chi connectivity index (χ0v) is 17.7. The minimum atomic E-state index is -0.383. The fourth-order valence-corrected chi connectivity index (χ4v) is 4.38. The molecule has 5 nitrogen and oxygen atoms in total. The summed E-state index contributed by atoms with van der Waals surface area (Å²) in [5.41, 5.74) is 9.62. The maximum Gasteiger partial charge on any atom is 0.248 e. The molecule has 0 unspecified atom stereocenters. The molecule has 0 saturated heterocycles. The molecule has 3 rings (SSSR count). The van der Waals surface area contributed by atoms with Gasteiger partial charge in [0.15, 0.2) is 0 Å². The number of methoxy groups -OCH3 is 1. The molecule has 2 aromatic rings. The van der Waals surface area contributed by atoms with E-state index in [1.54, 1.807) is 7.11 Å². The van der Waals surface area contributed by atoms with E-state index < -0.39 is 0 Å². The molecular formula is C24H33N3O2. The molecule has 0 fully saturated rings. The number of nitrogens with two attached hydrogens (primary N) is 1. The van der Waals surface area contributed by atoms with Crippen molar-refractivity contribution in [3.8, 4) is 0 Å². The molecule has 0 spiro atoms. The smallest absolute Gasteiger partial charge is 0.248 e. The van der Waals surface area contributed by atoms with Gasteiger partial charge in [-0.3, -0.25) is 4.79 Å². The molecule has 0 radical (unpaired) electrons. The van der Waals surface area contributed by atoms with E-state index in [4.69, 9.17) is 10.5 Å². The van der Waals surface area contributed by atoms with Crippen LogP contribution in [0.4, 0.5) is 0 Å². The number of benzene rings is 2. The van der Waals surface area contributed by atoms with Crippen molar-refractivity contribution in [2.75, 3.05) is 20.2 Å². The molecule has 1 aliphatic rings. The number of carbonyl (C=O) groups excluding carboxylic acids is 1. The Hall–Kier alpha value is -2.21. The van der Waals surface area contributed by atoms with Gasteiger partial charge >= 0.3 is 0 Å². The second kappa shape index (κ2) is 9.53. The van der Waals surface area contributed by atoms with Gasteiger partial charge in [0.2, 0.25) is 5.91 Å². The van der Waals surface area contributed by atoms with Crippen molar-refractivity contribution in [1.82, 2.24) is 10.6 Å². The molecule has 5 heteroatoms. The van der Waals surface area contributed by atoms with Crippen LogP contribution < -0.4 is 16.4 Å². The summed E-state index contributed by atoms with van der Waals surface area (Å²) >= 11 is 0. The lowest BCUT2D eigenvalue weighted by Crippen LogP contribution is -2.57. The van der Waals surface area contributed by atoms with Gasteiger partial charge in [-0.1, -0.05) is 50.2 Å². The SMILES string of the molecule is CO[C@H]1Cc2ccc(C(N)=O)cc2C(C)(C)[C@@H]1NCCCNCc1ccccc1. The maximum absolute atomic E-state index is 11.6. The van der Waals surface area contributed by atoms with Gasteiger partial charge in [-0.15, -0.1) is 0 Å². The summed E-state index contributed by atoms with van der Waals surface area (Å²) in [6, 6.07) is 16.4. The second-order valence-corrected chi connectivity index (χ2v) is 8.38. The first-order valence-electron chi connectivity index (χ1n) is 10.4. The van der Waals surface area contributed by atoms with Gasteiger partial charge in [0, 0.05) is 37.1 Å². The lowest BCUT2D eigenvalue weighted by atomic mass is 9.67. The van der Waals surface area contributed by atoms with Gasteiger partial charge in [0.25, 0.3) is 0 Å². The summed E-state index contributed by atoms with van der Waals surface area (Å²) in [7, 11) is 1.78. The Kier molecular flexibility index (Phi) is 7.06. The monoisotopic (exact) mass is 395 g/mol. The molecule has 1 amide bonds. The Morgan fingerprint density at radius 3 is 2.62 bits per heavy atom. The molecule has 0 aliphatic heterocycles.